The van der Waals surface area contributed by atoms with Crippen LogP contribution < -0.4 is 0 Å². The molecule has 0 saturated heterocycles. The van der Waals surface area contributed by atoms with Gasteiger partial charge in [0.05, 0.1) is 18.8 Å². The van der Waals surface area contributed by atoms with E-state index in [1.807, 2.05) is 6.92 Å². The average Bonchev–Trinajstić information content (AvgIpc) is 2.83. The van der Waals surface area contributed by atoms with Crippen LogP contribution in [-0.4, -0.2) is 35.4 Å². The monoisotopic (exact) mass is 260 g/mol. The number of fused-ring (bicyclic) bond motifs is 1. The van der Waals surface area contributed by atoms with Gasteiger partial charge in [-0.25, -0.2) is 4.79 Å². The van der Waals surface area contributed by atoms with Crippen molar-refractivity contribution in [1.82, 2.24) is 4.98 Å². The largest absolute Gasteiger partial charge is 0.465 e. The van der Waals surface area contributed by atoms with E-state index in [-0.39, 0.29) is 11.4 Å². The Bertz CT molecular complexity index is 631. The normalized spacial score (nSPS) is 34.2. The molecule has 1 aromatic rings. The van der Waals surface area contributed by atoms with Crippen LogP contribution in [0.4, 0.5) is 0 Å². The number of H-pyrrole nitrogens is 1. The fraction of sp³-hybridized carbons (Fsp3) is 0.571. The zero-order chi connectivity index (χ0) is 13.4. The number of aliphatic hydroxyl groups excluding tert-OH is 1. The van der Waals surface area contributed by atoms with Crippen LogP contribution in [0, 0.1) is 12.8 Å². The lowest BCUT2D eigenvalue weighted by atomic mass is 9.78. The number of esters is 1. The van der Waals surface area contributed by atoms with E-state index in [2.05, 4.69) is 9.98 Å². The van der Waals surface area contributed by atoms with Crippen molar-refractivity contribution in [2.24, 2.45) is 10.9 Å². The molecule has 100 valence electrons. The third-order valence-electron chi connectivity index (χ3n) is 4.89. The number of hydrogen-bond donors (Lipinski definition) is 2. The Balaban J connectivity index is 1.99. The van der Waals surface area contributed by atoms with Gasteiger partial charge in [0.15, 0.2) is 0 Å². The van der Waals surface area contributed by atoms with Crippen molar-refractivity contribution in [1.29, 1.82) is 0 Å². The molecule has 1 aliphatic heterocycles. The van der Waals surface area contributed by atoms with Gasteiger partial charge in [0.1, 0.15) is 0 Å². The summed E-state index contributed by atoms with van der Waals surface area (Å²) in [6.07, 6.45) is 1.05. The van der Waals surface area contributed by atoms with E-state index >= 15 is 0 Å². The fourth-order valence-electron chi connectivity index (χ4n) is 3.97. The van der Waals surface area contributed by atoms with Gasteiger partial charge in [0, 0.05) is 41.0 Å². The number of ether oxygens (including phenoxy) is 1. The Labute approximate surface area is 110 Å². The van der Waals surface area contributed by atoms with Gasteiger partial charge in [-0.1, -0.05) is 0 Å². The van der Waals surface area contributed by atoms with E-state index in [4.69, 9.17) is 4.74 Å². The highest BCUT2D eigenvalue weighted by atomic mass is 16.5. The molecular weight excluding hydrogens is 244 g/mol. The zero-order valence-corrected chi connectivity index (χ0v) is 11.0. The highest BCUT2D eigenvalue weighted by molar-refractivity contribution is 6.06. The lowest BCUT2D eigenvalue weighted by Crippen LogP contribution is -2.30. The van der Waals surface area contributed by atoms with Crippen LogP contribution in [0.3, 0.4) is 0 Å². The van der Waals surface area contributed by atoms with Gasteiger partial charge in [-0.05, 0) is 19.3 Å². The van der Waals surface area contributed by atoms with Gasteiger partial charge >= 0.3 is 5.97 Å². The molecule has 1 fully saturated rings. The van der Waals surface area contributed by atoms with Crippen LogP contribution >= 0.6 is 0 Å². The molecule has 19 heavy (non-hydrogen) atoms. The number of carbonyl (C=O) groups excluding carboxylic acids is 1. The van der Waals surface area contributed by atoms with Crippen molar-refractivity contribution in [3.63, 3.8) is 0 Å². The van der Waals surface area contributed by atoms with E-state index in [0.29, 0.717) is 17.9 Å². The molecule has 2 heterocycles. The first-order chi connectivity index (χ1) is 9.09. The van der Waals surface area contributed by atoms with Crippen LogP contribution in [-0.2, 0) is 10.2 Å². The molecule has 4 rings (SSSR count). The molecule has 2 aliphatic carbocycles. The van der Waals surface area contributed by atoms with E-state index in [9.17, 15) is 9.90 Å². The maximum atomic E-state index is 12.1. The molecule has 0 bridgehead atoms. The van der Waals surface area contributed by atoms with Crippen LogP contribution in [0.5, 0.6) is 0 Å². The summed E-state index contributed by atoms with van der Waals surface area (Å²) in [5, 5.41) is 10.3. The summed E-state index contributed by atoms with van der Waals surface area (Å²) in [4.78, 5) is 19.8. The molecule has 5 heteroatoms. The van der Waals surface area contributed by atoms with Crippen LogP contribution in [0.15, 0.2) is 4.99 Å². The van der Waals surface area contributed by atoms with Crippen molar-refractivity contribution in [3.05, 3.63) is 22.5 Å². The summed E-state index contributed by atoms with van der Waals surface area (Å²) in [6, 6.07) is 0. The summed E-state index contributed by atoms with van der Waals surface area (Å²) in [6.45, 7) is 2.68. The minimum atomic E-state index is -0.587. The molecule has 3 atom stereocenters. The average molecular weight is 260 g/mol. The molecule has 1 saturated carbocycles. The molecule has 2 N–H and O–H groups in total. The summed E-state index contributed by atoms with van der Waals surface area (Å²) in [5.41, 5.74) is 4.13. The van der Waals surface area contributed by atoms with E-state index in [1.54, 1.807) is 0 Å². The highest BCUT2D eigenvalue weighted by Crippen LogP contribution is 2.64. The van der Waals surface area contributed by atoms with Gasteiger partial charge < -0.3 is 14.8 Å². The number of nitrogens with one attached hydrogen (secondary N) is 1. The van der Waals surface area contributed by atoms with Gasteiger partial charge in [0.2, 0.25) is 0 Å². The minimum Gasteiger partial charge on any atom is -0.465 e. The predicted octanol–water partition coefficient (Wildman–Crippen LogP) is 1.26. The number of nitrogens with zero attached hydrogens (tertiary/aromatic N) is 1. The molecule has 1 aromatic heterocycles. The maximum absolute atomic E-state index is 12.1. The van der Waals surface area contributed by atoms with Gasteiger partial charge in [0.25, 0.3) is 0 Å². The molecular formula is C14H16N2O3. The SMILES string of the molecule is COC(=O)c1c(C)[nH]c2c1[C@@]13C[C@@H]1CN=C3CC2O. The smallest absolute Gasteiger partial charge is 0.340 e. The first-order valence-corrected chi connectivity index (χ1v) is 6.62. The van der Waals surface area contributed by atoms with Crippen LogP contribution in [0.1, 0.15) is 46.3 Å². The van der Waals surface area contributed by atoms with E-state index in [1.165, 1.54) is 7.11 Å². The summed E-state index contributed by atoms with van der Waals surface area (Å²) in [5.74, 6) is 0.183. The fourth-order valence-corrected chi connectivity index (χ4v) is 3.97. The Morgan fingerprint density at radius 1 is 1.58 bits per heavy atom. The minimum absolute atomic E-state index is 0.0805. The van der Waals surface area contributed by atoms with Crippen LogP contribution in [0.25, 0.3) is 0 Å². The van der Waals surface area contributed by atoms with Gasteiger partial charge in [-0.15, -0.1) is 0 Å². The highest BCUT2D eigenvalue weighted by Gasteiger charge is 2.66. The van der Waals surface area contributed by atoms with Crippen molar-refractivity contribution >= 4 is 11.7 Å². The Kier molecular flexibility index (Phi) is 1.94. The summed E-state index contributed by atoms with van der Waals surface area (Å²) < 4.78 is 4.91. The maximum Gasteiger partial charge on any atom is 0.340 e. The first-order valence-electron chi connectivity index (χ1n) is 6.62. The summed E-state index contributed by atoms with van der Waals surface area (Å²) >= 11 is 0. The molecule has 0 radical (unpaired) electrons. The Morgan fingerprint density at radius 2 is 2.37 bits per heavy atom. The number of aliphatic imine (C=N–C) groups is 1. The van der Waals surface area contributed by atoms with Crippen molar-refractivity contribution in [2.75, 3.05) is 13.7 Å². The number of aromatic amines is 1. The number of aryl methyl sites for hydroxylation is 1. The summed E-state index contributed by atoms with van der Waals surface area (Å²) in [7, 11) is 1.39. The second kappa shape index (κ2) is 3.28. The van der Waals surface area contributed by atoms with Crippen molar-refractivity contribution in [3.8, 4) is 0 Å². The number of aliphatic hydroxyl groups is 1. The van der Waals surface area contributed by atoms with E-state index < -0.39 is 6.10 Å². The first kappa shape index (κ1) is 11.2. The molecule has 1 unspecified atom stereocenters. The molecule has 5 nitrogen and oxygen atoms in total. The Hall–Kier alpha value is -1.62. The van der Waals surface area contributed by atoms with E-state index in [0.717, 1.165) is 35.6 Å². The molecule has 0 aromatic carbocycles. The van der Waals surface area contributed by atoms with Crippen molar-refractivity contribution < 1.29 is 14.6 Å². The van der Waals surface area contributed by atoms with Crippen molar-refractivity contribution in [2.45, 2.75) is 31.3 Å². The second-order valence-electron chi connectivity index (χ2n) is 5.78. The quantitative estimate of drug-likeness (QED) is 0.746. The number of aromatic nitrogens is 1. The third kappa shape index (κ3) is 1.15. The molecule has 0 amide bonds. The number of hydrogen-bond acceptors (Lipinski definition) is 4. The van der Waals surface area contributed by atoms with Gasteiger partial charge in [-0.2, -0.15) is 0 Å². The third-order valence-corrected chi connectivity index (χ3v) is 4.89. The van der Waals surface area contributed by atoms with Crippen LogP contribution in [0.2, 0.25) is 0 Å². The zero-order valence-electron chi connectivity index (χ0n) is 11.0. The number of rotatable bonds is 1. The molecule has 1 spiro atoms. The Morgan fingerprint density at radius 3 is 3.05 bits per heavy atom. The van der Waals surface area contributed by atoms with Gasteiger partial charge in [-0.3, -0.25) is 4.99 Å². The lowest BCUT2D eigenvalue weighted by Gasteiger charge is -2.27. The predicted molar refractivity (Wildman–Crippen MR) is 68.5 cm³/mol. The topological polar surface area (TPSA) is 74.7 Å². The second-order valence-corrected chi connectivity index (χ2v) is 5.78. The number of carbonyl (C=O) groups is 1. The molecule has 3 aliphatic rings. The lowest BCUT2D eigenvalue weighted by molar-refractivity contribution is 0.0598. The number of methoxy groups -OCH3 is 1. The standard InChI is InChI=1S/C14H16N2O3/c1-6-10(13(18)19-2)11-12(16-6)8(17)3-9-14(11)4-7(14)5-15-9/h7-8,16-17H,3-5H2,1-2H3/t7-,8?,14+/m1/s1.